The van der Waals surface area contributed by atoms with Crippen molar-refractivity contribution in [1.29, 1.82) is 0 Å². The molecular formula is C12H11F3N2OS. The van der Waals surface area contributed by atoms with Crippen LogP contribution in [0.5, 0.6) is 5.75 Å². The first-order chi connectivity index (χ1) is 8.99. The van der Waals surface area contributed by atoms with Crippen molar-refractivity contribution >= 4 is 22.2 Å². The second-order valence-corrected chi connectivity index (χ2v) is 4.48. The van der Waals surface area contributed by atoms with Gasteiger partial charge in [0.1, 0.15) is 5.75 Å². The van der Waals surface area contributed by atoms with Crippen LogP contribution < -0.4 is 10.1 Å². The molecule has 0 bridgehead atoms. The van der Waals surface area contributed by atoms with Gasteiger partial charge >= 0.3 is 6.18 Å². The maximum Gasteiger partial charge on any atom is 0.434 e. The number of benzene rings is 1. The third kappa shape index (κ3) is 3.60. The van der Waals surface area contributed by atoms with E-state index in [2.05, 4.69) is 10.3 Å². The first-order valence-corrected chi connectivity index (χ1v) is 6.39. The Bertz CT molecular complexity index is 537. The quantitative estimate of drug-likeness (QED) is 0.910. The van der Waals surface area contributed by atoms with Gasteiger partial charge in [0, 0.05) is 11.1 Å². The SMILES string of the molecule is CCOc1ccc(Nc2nc(C(F)(F)F)cs2)cc1. The molecule has 0 atom stereocenters. The Balaban J connectivity index is 2.06. The van der Waals surface area contributed by atoms with Crippen molar-refractivity contribution in [3.8, 4) is 5.75 Å². The average Bonchev–Trinajstić information content (AvgIpc) is 2.80. The lowest BCUT2D eigenvalue weighted by molar-refractivity contribution is -0.140. The molecule has 0 aliphatic heterocycles. The topological polar surface area (TPSA) is 34.1 Å². The summed E-state index contributed by atoms with van der Waals surface area (Å²) < 4.78 is 42.4. The Morgan fingerprint density at radius 3 is 2.47 bits per heavy atom. The normalized spacial score (nSPS) is 11.4. The molecule has 0 unspecified atom stereocenters. The summed E-state index contributed by atoms with van der Waals surface area (Å²) >= 11 is 0.912. The molecule has 7 heteroatoms. The molecule has 1 aromatic heterocycles. The fraction of sp³-hybridized carbons (Fsp3) is 0.250. The van der Waals surface area contributed by atoms with E-state index in [0.29, 0.717) is 18.0 Å². The summed E-state index contributed by atoms with van der Waals surface area (Å²) in [7, 11) is 0. The number of hydrogen-bond acceptors (Lipinski definition) is 4. The van der Waals surface area contributed by atoms with Crippen molar-refractivity contribution in [1.82, 2.24) is 4.98 Å². The van der Waals surface area contributed by atoms with Crippen molar-refractivity contribution in [3.63, 3.8) is 0 Å². The van der Waals surface area contributed by atoms with Crippen LogP contribution in [0.3, 0.4) is 0 Å². The van der Waals surface area contributed by atoms with E-state index in [1.54, 1.807) is 24.3 Å². The number of halogens is 3. The maximum absolute atomic E-state index is 12.4. The molecule has 0 radical (unpaired) electrons. The van der Waals surface area contributed by atoms with Gasteiger partial charge in [-0.2, -0.15) is 13.2 Å². The summed E-state index contributed by atoms with van der Waals surface area (Å²) in [5.74, 6) is 0.711. The highest BCUT2D eigenvalue weighted by atomic mass is 32.1. The zero-order chi connectivity index (χ0) is 13.9. The zero-order valence-corrected chi connectivity index (χ0v) is 10.8. The molecule has 0 spiro atoms. The highest BCUT2D eigenvalue weighted by Crippen LogP contribution is 2.32. The monoisotopic (exact) mass is 288 g/mol. The summed E-state index contributed by atoms with van der Waals surface area (Å²) in [5, 5.41) is 4.01. The molecule has 2 aromatic rings. The molecular weight excluding hydrogens is 277 g/mol. The number of hydrogen-bond donors (Lipinski definition) is 1. The molecule has 0 saturated carbocycles. The Hall–Kier alpha value is -1.76. The lowest BCUT2D eigenvalue weighted by Crippen LogP contribution is -2.05. The van der Waals surface area contributed by atoms with Crippen LogP contribution in [0.25, 0.3) is 0 Å². The van der Waals surface area contributed by atoms with Crippen LogP contribution in [0.15, 0.2) is 29.6 Å². The maximum atomic E-state index is 12.4. The van der Waals surface area contributed by atoms with E-state index in [4.69, 9.17) is 4.74 Å². The van der Waals surface area contributed by atoms with Gasteiger partial charge in [-0.3, -0.25) is 0 Å². The van der Waals surface area contributed by atoms with Gasteiger partial charge in [0.15, 0.2) is 10.8 Å². The number of rotatable bonds is 4. The fourth-order valence-corrected chi connectivity index (χ4v) is 2.12. The molecule has 102 valence electrons. The smallest absolute Gasteiger partial charge is 0.434 e. The van der Waals surface area contributed by atoms with Gasteiger partial charge in [0.05, 0.1) is 6.61 Å². The lowest BCUT2D eigenvalue weighted by atomic mass is 10.3. The second-order valence-electron chi connectivity index (χ2n) is 3.62. The number of anilines is 2. The first-order valence-electron chi connectivity index (χ1n) is 5.51. The van der Waals surface area contributed by atoms with Crippen molar-refractivity contribution < 1.29 is 17.9 Å². The van der Waals surface area contributed by atoms with Crippen LogP contribution in [0.2, 0.25) is 0 Å². The van der Waals surface area contributed by atoms with Crippen molar-refractivity contribution in [2.24, 2.45) is 0 Å². The minimum atomic E-state index is -4.41. The van der Waals surface area contributed by atoms with Crippen molar-refractivity contribution in [2.45, 2.75) is 13.1 Å². The van der Waals surface area contributed by atoms with Gasteiger partial charge in [0.25, 0.3) is 0 Å². The summed E-state index contributed by atoms with van der Waals surface area (Å²) in [4.78, 5) is 3.49. The first kappa shape index (κ1) is 13.7. The van der Waals surface area contributed by atoms with Crippen LogP contribution in [-0.2, 0) is 6.18 Å². The van der Waals surface area contributed by atoms with Crippen LogP contribution in [0, 0.1) is 0 Å². The Labute approximate surface area is 112 Å². The number of aromatic nitrogens is 1. The average molecular weight is 288 g/mol. The molecule has 0 aliphatic carbocycles. The van der Waals surface area contributed by atoms with Gasteiger partial charge in [-0.25, -0.2) is 4.98 Å². The third-order valence-electron chi connectivity index (χ3n) is 2.21. The predicted molar refractivity (Wildman–Crippen MR) is 68.0 cm³/mol. The molecule has 1 N–H and O–H groups in total. The van der Waals surface area contributed by atoms with Crippen molar-refractivity contribution in [2.75, 3.05) is 11.9 Å². The number of nitrogens with one attached hydrogen (secondary N) is 1. The Morgan fingerprint density at radius 1 is 1.26 bits per heavy atom. The lowest BCUT2D eigenvalue weighted by Gasteiger charge is -2.05. The summed E-state index contributed by atoms with van der Waals surface area (Å²) in [6, 6.07) is 6.92. The fourth-order valence-electron chi connectivity index (χ4n) is 1.39. The largest absolute Gasteiger partial charge is 0.494 e. The van der Waals surface area contributed by atoms with E-state index in [1.165, 1.54) is 0 Å². The number of thiazole rings is 1. The van der Waals surface area contributed by atoms with Gasteiger partial charge in [-0.05, 0) is 31.2 Å². The zero-order valence-electron chi connectivity index (χ0n) is 9.99. The number of nitrogens with zero attached hydrogens (tertiary/aromatic N) is 1. The van der Waals surface area contributed by atoms with E-state index in [9.17, 15) is 13.2 Å². The third-order valence-corrected chi connectivity index (χ3v) is 2.97. The van der Waals surface area contributed by atoms with E-state index in [-0.39, 0.29) is 5.13 Å². The summed E-state index contributed by atoms with van der Waals surface area (Å²) in [6.45, 7) is 2.44. The molecule has 0 amide bonds. The van der Waals surface area contributed by atoms with E-state index < -0.39 is 11.9 Å². The molecule has 1 heterocycles. The Kier molecular flexibility index (Phi) is 3.94. The molecule has 2 rings (SSSR count). The highest BCUT2D eigenvalue weighted by molar-refractivity contribution is 7.13. The number of alkyl halides is 3. The summed E-state index contributed by atoms with van der Waals surface area (Å²) in [5.41, 5.74) is -0.225. The van der Waals surface area contributed by atoms with Crippen LogP contribution in [0.4, 0.5) is 24.0 Å². The Morgan fingerprint density at radius 2 is 1.95 bits per heavy atom. The molecule has 0 fully saturated rings. The van der Waals surface area contributed by atoms with Gasteiger partial charge in [-0.1, -0.05) is 0 Å². The highest BCUT2D eigenvalue weighted by Gasteiger charge is 2.33. The van der Waals surface area contributed by atoms with Crippen molar-refractivity contribution in [3.05, 3.63) is 35.3 Å². The molecule has 3 nitrogen and oxygen atoms in total. The molecule has 0 saturated heterocycles. The van der Waals surface area contributed by atoms with Crippen LogP contribution in [0.1, 0.15) is 12.6 Å². The van der Waals surface area contributed by atoms with E-state index >= 15 is 0 Å². The van der Waals surface area contributed by atoms with Gasteiger partial charge in [-0.15, -0.1) is 11.3 Å². The van der Waals surface area contributed by atoms with Crippen LogP contribution >= 0.6 is 11.3 Å². The standard InChI is InChI=1S/C12H11F3N2OS/c1-2-18-9-5-3-8(4-6-9)16-11-17-10(7-19-11)12(13,14)15/h3-7H,2H2,1H3,(H,16,17). The predicted octanol–water partition coefficient (Wildman–Crippen LogP) is 4.30. The number of ether oxygens (including phenoxy) is 1. The van der Waals surface area contributed by atoms with Gasteiger partial charge < -0.3 is 10.1 Å². The summed E-state index contributed by atoms with van der Waals surface area (Å²) in [6.07, 6.45) is -4.41. The van der Waals surface area contributed by atoms with E-state index in [0.717, 1.165) is 16.7 Å². The minimum Gasteiger partial charge on any atom is -0.494 e. The van der Waals surface area contributed by atoms with Crippen LogP contribution in [-0.4, -0.2) is 11.6 Å². The minimum absolute atomic E-state index is 0.205. The molecule has 0 aliphatic rings. The van der Waals surface area contributed by atoms with E-state index in [1.807, 2.05) is 6.92 Å². The second kappa shape index (κ2) is 5.48. The molecule has 19 heavy (non-hydrogen) atoms. The molecule has 1 aromatic carbocycles. The van der Waals surface area contributed by atoms with Gasteiger partial charge in [0.2, 0.25) is 0 Å².